The van der Waals surface area contributed by atoms with Crippen LogP contribution in [0.1, 0.15) is 33.6 Å². The monoisotopic (exact) mass is 226 g/mol. The van der Waals surface area contributed by atoms with E-state index in [9.17, 15) is 0 Å². The number of methoxy groups -OCH3 is 1. The number of nitrogens with zero attached hydrogens (tertiary/aromatic N) is 2. The van der Waals surface area contributed by atoms with Crippen molar-refractivity contribution in [3.63, 3.8) is 0 Å². The van der Waals surface area contributed by atoms with E-state index in [1.165, 1.54) is 19.4 Å². The molecule has 94 valence electrons. The Labute approximate surface area is 99.7 Å². The van der Waals surface area contributed by atoms with E-state index in [-0.39, 0.29) is 0 Å². The molecule has 0 aromatic carbocycles. The first-order valence-electron chi connectivity index (χ1n) is 6.64. The largest absolute Gasteiger partial charge is 0.379 e. The molecule has 2 aliphatic heterocycles. The Morgan fingerprint density at radius 3 is 2.38 bits per heavy atom. The van der Waals surface area contributed by atoms with Gasteiger partial charge in [-0.3, -0.25) is 9.80 Å². The van der Waals surface area contributed by atoms with E-state index in [1.807, 2.05) is 7.11 Å². The summed E-state index contributed by atoms with van der Waals surface area (Å²) in [6, 6.07) is 2.27. The third kappa shape index (κ3) is 2.41. The van der Waals surface area contributed by atoms with Crippen molar-refractivity contribution in [2.24, 2.45) is 0 Å². The van der Waals surface area contributed by atoms with E-state index in [0.29, 0.717) is 12.1 Å². The molecule has 0 radical (unpaired) electrons. The molecule has 3 heteroatoms. The molecule has 2 saturated heterocycles. The highest BCUT2D eigenvalue weighted by Crippen LogP contribution is 2.27. The molecule has 0 bridgehead atoms. The highest BCUT2D eigenvalue weighted by atomic mass is 16.5. The van der Waals surface area contributed by atoms with Gasteiger partial charge in [0.2, 0.25) is 0 Å². The fourth-order valence-electron chi connectivity index (χ4n) is 2.92. The summed E-state index contributed by atoms with van der Waals surface area (Å²) in [5, 5.41) is 0. The van der Waals surface area contributed by atoms with Crippen LogP contribution in [0.25, 0.3) is 0 Å². The topological polar surface area (TPSA) is 15.7 Å². The van der Waals surface area contributed by atoms with Crippen LogP contribution < -0.4 is 0 Å². The minimum absolute atomic E-state index is 0.491. The Morgan fingerprint density at radius 1 is 1.25 bits per heavy atom. The highest BCUT2D eigenvalue weighted by molar-refractivity contribution is 4.91. The minimum Gasteiger partial charge on any atom is -0.379 e. The second kappa shape index (κ2) is 5.03. The average molecular weight is 226 g/mol. The third-order valence-corrected chi connectivity index (χ3v) is 4.30. The normalized spacial score (nSPS) is 30.2. The first kappa shape index (κ1) is 12.3. The molecule has 0 spiro atoms. The molecule has 2 rings (SSSR count). The van der Waals surface area contributed by atoms with Crippen LogP contribution in [0.2, 0.25) is 0 Å². The molecule has 0 N–H and O–H groups in total. The summed E-state index contributed by atoms with van der Waals surface area (Å²) in [6.07, 6.45) is 3.21. The fraction of sp³-hybridized carbons (Fsp3) is 1.00. The van der Waals surface area contributed by atoms with Gasteiger partial charge in [-0.15, -0.1) is 0 Å². The molecule has 2 aliphatic rings. The number of hydrogen-bond donors (Lipinski definition) is 0. The summed E-state index contributed by atoms with van der Waals surface area (Å²) in [7, 11) is 1.82. The predicted octanol–water partition coefficient (Wildman–Crippen LogP) is 1.58. The lowest BCUT2D eigenvalue weighted by Crippen LogP contribution is -2.59. The van der Waals surface area contributed by atoms with Crippen LogP contribution in [-0.4, -0.2) is 60.8 Å². The van der Waals surface area contributed by atoms with Crippen LogP contribution in [0.4, 0.5) is 0 Å². The molecule has 16 heavy (non-hydrogen) atoms. The lowest BCUT2D eigenvalue weighted by Gasteiger charge is -2.48. The molecular weight excluding hydrogens is 200 g/mol. The van der Waals surface area contributed by atoms with Crippen molar-refractivity contribution >= 4 is 0 Å². The van der Waals surface area contributed by atoms with E-state index < -0.39 is 0 Å². The minimum atomic E-state index is 0.491. The van der Waals surface area contributed by atoms with Crippen LogP contribution in [-0.2, 0) is 4.74 Å². The van der Waals surface area contributed by atoms with Gasteiger partial charge in [0.15, 0.2) is 0 Å². The number of rotatable bonds is 5. The van der Waals surface area contributed by atoms with Gasteiger partial charge in [-0.05, 0) is 33.6 Å². The average Bonchev–Trinajstić information content (AvgIpc) is 2.09. The second-order valence-electron chi connectivity index (χ2n) is 5.67. The molecule has 0 aromatic rings. The van der Waals surface area contributed by atoms with Gasteiger partial charge in [0.05, 0.1) is 6.10 Å². The van der Waals surface area contributed by atoms with E-state index >= 15 is 0 Å². The number of ether oxygens (including phenoxy) is 1. The van der Waals surface area contributed by atoms with E-state index in [1.54, 1.807) is 0 Å². The van der Waals surface area contributed by atoms with Gasteiger partial charge in [0.1, 0.15) is 0 Å². The van der Waals surface area contributed by atoms with Crippen molar-refractivity contribution < 1.29 is 4.74 Å². The summed E-state index contributed by atoms with van der Waals surface area (Å²) in [5.74, 6) is 0. The van der Waals surface area contributed by atoms with Gasteiger partial charge < -0.3 is 4.74 Å². The van der Waals surface area contributed by atoms with Crippen LogP contribution in [0.15, 0.2) is 0 Å². The molecule has 0 amide bonds. The van der Waals surface area contributed by atoms with Gasteiger partial charge in [-0.25, -0.2) is 0 Å². The van der Waals surface area contributed by atoms with Crippen LogP contribution in [0.5, 0.6) is 0 Å². The first-order valence-corrected chi connectivity index (χ1v) is 6.64. The van der Waals surface area contributed by atoms with Gasteiger partial charge in [0.25, 0.3) is 0 Å². The van der Waals surface area contributed by atoms with Gasteiger partial charge >= 0.3 is 0 Å². The molecule has 0 aromatic heterocycles. The standard InChI is InChI=1S/C13H26N2O/c1-10(2)15-6-5-12(15)7-11(3)14-8-13(9-14)16-4/h10-13H,5-9H2,1-4H3. The molecule has 2 atom stereocenters. The summed E-state index contributed by atoms with van der Waals surface area (Å²) < 4.78 is 5.32. The van der Waals surface area contributed by atoms with Crippen molar-refractivity contribution in [2.45, 2.75) is 57.8 Å². The van der Waals surface area contributed by atoms with Crippen LogP contribution >= 0.6 is 0 Å². The van der Waals surface area contributed by atoms with Crippen molar-refractivity contribution in [2.75, 3.05) is 26.7 Å². The maximum absolute atomic E-state index is 5.32. The van der Waals surface area contributed by atoms with Crippen LogP contribution in [0.3, 0.4) is 0 Å². The first-order chi connectivity index (χ1) is 7.61. The summed E-state index contributed by atoms with van der Waals surface area (Å²) in [4.78, 5) is 5.18. The Bertz CT molecular complexity index is 226. The fourth-order valence-corrected chi connectivity index (χ4v) is 2.92. The van der Waals surface area contributed by atoms with E-state index in [2.05, 4.69) is 30.6 Å². The summed E-state index contributed by atoms with van der Waals surface area (Å²) in [5.41, 5.74) is 0. The van der Waals surface area contributed by atoms with Gasteiger partial charge in [0, 0.05) is 44.9 Å². The molecule has 2 fully saturated rings. The highest BCUT2D eigenvalue weighted by Gasteiger charge is 2.35. The maximum atomic E-state index is 5.32. The SMILES string of the molecule is COC1CN(C(C)CC2CCN2C(C)C)C1. The van der Waals surface area contributed by atoms with E-state index in [0.717, 1.165) is 25.2 Å². The molecule has 3 nitrogen and oxygen atoms in total. The molecule has 0 aliphatic carbocycles. The Morgan fingerprint density at radius 2 is 1.94 bits per heavy atom. The Balaban J connectivity index is 1.70. The zero-order valence-electron chi connectivity index (χ0n) is 11.1. The van der Waals surface area contributed by atoms with Crippen molar-refractivity contribution in [3.05, 3.63) is 0 Å². The molecule has 2 unspecified atom stereocenters. The van der Waals surface area contributed by atoms with Crippen molar-refractivity contribution in [3.8, 4) is 0 Å². The maximum Gasteiger partial charge on any atom is 0.0825 e. The zero-order chi connectivity index (χ0) is 11.7. The zero-order valence-corrected chi connectivity index (χ0v) is 11.1. The van der Waals surface area contributed by atoms with E-state index in [4.69, 9.17) is 4.74 Å². The van der Waals surface area contributed by atoms with Crippen molar-refractivity contribution in [1.82, 2.24) is 9.80 Å². The van der Waals surface area contributed by atoms with Crippen molar-refractivity contribution in [1.29, 1.82) is 0 Å². The Hall–Kier alpha value is -0.120. The predicted molar refractivity (Wildman–Crippen MR) is 66.7 cm³/mol. The van der Waals surface area contributed by atoms with Gasteiger partial charge in [-0.1, -0.05) is 0 Å². The molecule has 0 saturated carbocycles. The number of likely N-dealkylation sites (tertiary alicyclic amines) is 2. The van der Waals surface area contributed by atoms with Gasteiger partial charge in [-0.2, -0.15) is 0 Å². The summed E-state index contributed by atoms with van der Waals surface area (Å²) in [6.45, 7) is 10.5. The molecular formula is C13H26N2O. The number of hydrogen-bond acceptors (Lipinski definition) is 3. The lowest BCUT2D eigenvalue weighted by molar-refractivity contribution is -0.0598. The second-order valence-corrected chi connectivity index (χ2v) is 5.67. The lowest BCUT2D eigenvalue weighted by atomic mass is 9.92. The molecule has 2 heterocycles. The summed E-state index contributed by atoms with van der Waals surface area (Å²) >= 11 is 0. The van der Waals surface area contributed by atoms with Crippen LogP contribution in [0, 0.1) is 0 Å². The Kier molecular flexibility index (Phi) is 3.88. The quantitative estimate of drug-likeness (QED) is 0.708. The smallest absolute Gasteiger partial charge is 0.0825 e. The third-order valence-electron chi connectivity index (χ3n) is 4.30.